The van der Waals surface area contributed by atoms with Crippen molar-refractivity contribution < 1.29 is 4.74 Å². The van der Waals surface area contributed by atoms with Crippen molar-refractivity contribution in [1.82, 2.24) is 0 Å². The average molecular weight is 326 g/mol. The zero-order valence-corrected chi connectivity index (χ0v) is 13.7. The van der Waals surface area contributed by atoms with Gasteiger partial charge in [-0.1, -0.05) is 33.1 Å². The first-order chi connectivity index (χ1) is 8.98. The summed E-state index contributed by atoms with van der Waals surface area (Å²) in [5.41, 5.74) is 8.98. The lowest BCUT2D eigenvalue weighted by Crippen LogP contribution is -2.38. The van der Waals surface area contributed by atoms with E-state index in [1.54, 1.807) is 7.11 Å². The zero-order valence-electron chi connectivity index (χ0n) is 12.1. The third kappa shape index (κ3) is 2.97. The Morgan fingerprint density at radius 1 is 1.21 bits per heavy atom. The van der Waals surface area contributed by atoms with E-state index in [0.29, 0.717) is 5.92 Å². The Morgan fingerprint density at radius 3 is 2.37 bits per heavy atom. The summed E-state index contributed by atoms with van der Waals surface area (Å²) in [5.74, 6) is 1.37. The van der Waals surface area contributed by atoms with Crippen LogP contribution in [0.3, 0.4) is 0 Å². The first-order valence-electron chi connectivity index (χ1n) is 7.15. The van der Waals surface area contributed by atoms with Gasteiger partial charge in [-0.15, -0.1) is 0 Å². The maximum Gasteiger partial charge on any atom is 0.136 e. The molecule has 1 fully saturated rings. The van der Waals surface area contributed by atoms with Crippen LogP contribution in [0.5, 0.6) is 5.75 Å². The Bertz CT molecular complexity index is 450. The first-order valence-corrected chi connectivity index (χ1v) is 7.94. The number of hydrogen-bond donors (Lipinski definition) is 1. The smallest absolute Gasteiger partial charge is 0.136 e. The highest BCUT2D eigenvalue weighted by Gasteiger charge is 2.31. The summed E-state index contributed by atoms with van der Waals surface area (Å²) in [5, 5.41) is 0. The van der Waals surface area contributed by atoms with Gasteiger partial charge in [-0.05, 0) is 57.9 Å². The van der Waals surface area contributed by atoms with Crippen molar-refractivity contribution in [3.8, 4) is 5.75 Å². The molecule has 106 valence electrons. The van der Waals surface area contributed by atoms with Gasteiger partial charge in [0.25, 0.3) is 0 Å². The minimum Gasteiger partial charge on any atom is -0.495 e. The molecule has 3 heteroatoms. The quantitative estimate of drug-likeness (QED) is 0.874. The summed E-state index contributed by atoms with van der Waals surface area (Å²) in [6.45, 7) is 4.39. The van der Waals surface area contributed by atoms with Gasteiger partial charge in [0.15, 0.2) is 0 Å². The highest BCUT2D eigenvalue weighted by Crippen LogP contribution is 2.41. The molecule has 0 saturated heterocycles. The monoisotopic (exact) mass is 325 g/mol. The lowest BCUT2D eigenvalue weighted by molar-refractivity contribution is 0.301. The van der Waals surface area contributed by atoms with Crippen LogP contribution in [-0.4, -0.2) is 7.11 Å². The molecule has 0 amide bonds. The molecule has 1 aromatic carbocycles. The number of rotatable bonds is 3. The highest BCUT2D eigenvalue weighted by atomic mass is 79.9. The summed E-state index contributed by atoms with van der Waals surface area (Å²) < 4.78 is 6.54. The van der Waals surface area contributed by atoms with E-state index in [1.165, 1.54) is 30.4 Å². The molecule has 1 saturated carbocycles. The molecule has 0 radical (unpaired) electrons. The van der Waals surface area contributed by atoms with Gasteiger partial charge in [0.2, 0.25) is 0 Å². The maximum absolute atomic E-state index is 6.65. The standard InChI is InChI=1S/C16H24BrNO/c1-11(2)13-9-12(10-14(17)15(13)19-3)16(18)7-5-4-6-8-16/h9-11H,4-8,18H2,1-3H3. The van der Waals surface area contributed by atoms with Crippen LogP contribution in [0.4, 0.5) is 0 Å². The van der Waals surface area contributed by atoms with E-state index in [2.05, 4.69) is 41.9 Å². The van der Waals surface area contributed by atoms with Crippen molar-refractivity contribution >= 4 is 15.9 Å². The van der Waals surface area contributed by atoms with Crippen LogP contribution in [-0.2, 0) is 5.54 Å². The molecule has 0 heterocycles. The summed E-state index contributed by atoms with van der Waals surface area (Å²) in [6.07, 6.45) is 5.95. The van der Waals surface area contributed by atoms with E-state index in [0.717, 1.165) is 23.1 Å². The number of methoxy groups -OCH3 is 1. The number of ether oxygens (including phenoxy) is 1. The predicted molar refractivity (Wildman–Crippen MR) is 83.7 cm³/mol. The summed E-state index contributed by atoms with van der Waals surface area (Å²) in [4.78, 5) is 0. The lowest BCUT2D eigenvalue weighted by atomic mass is 9.76. The van der Waals surface area contributed by atoms with Gasteiger partial charge in [-0.3, -0.25) is 0 Å². The molecule has 0 bridgehead atoms. The number of benzene rings is 1. The van der Waals surface area contributed by atoms with Crippen LogP contribution < -0.4 is 10.5 Å². The number of nitrogens with two attached hydrogens (primary N) is 1. The van der Waals surface area contributed by atoms with Crippen LogP contribution in [0.25, 0.3) is 0 Å². The molecule has 1 aliphatic rings. The van der Waals surface area contributed by atoms with Gasteiger partial charge in [0.05, 0.1) is 11.6 Å². The fourth-order valence-corrected chi connectivity index (χ4v) is 3.66. The van der Waals surface area contributed by atoms with Crippen molar-refractivity contribution in [1.29, 1.82) is 0 Å². The SMILES string of the molecule is COc1c(Br)cc(C2(N)CCCCC2)cc1C(C)C. The topological polar surface area (TPSA) is 35.2 Å². The summed E-state index contributed by atoms with van der Waals surface area (Å²) in [7, 11) is 1.73. The number of hydrogen-bond acceptors (Lipinski definition) is 2. The molecule has 0 spiro atoms. The molecule has 2 rings (SSSR count). The molecule has 19 heavy (non-hydrogen) atoms. The van der Waals surface area contributed by atoms with Gasteiger partial charge in [0.1, 0.15) is 5.75 Å². The van der Waals surface area contributed by atoms with Crippen molar-refractivity contribution in [2.45, 2.75) is 57.4 Å². The Balaban J connectivity index is 2.47. The van der Waals surface area contributed by atoms with Crippen molar-refractivity contribution in [3.05, 3.63) is 27.7 Å². The fourth-order valence-electron chi connectivity index (χ4n) is 3.02. The molecule has 2 nitrogen and oxygen atoms in total. The molecule has 0 aromatic heterocycles. The first kappa shape index (κ1) is 14.9. The molecular weight excluding hydrogens is 302 g/mol. The normalized spacial score (nSPS) is 18.6. The summed E-state index contributed by atoms with van der Waals surface area (Å²) >= 11 is 3.64. The van der Waals surface area contributed by atoms with E-state index < -0.39 is 0 Å². The Hall–Kier alpha value is -0.540. The summed E-state index contributed by atoms with van der Waals surface area (Å²) in [6, 6.07) is 4.40. The Morgan fingerprint density at radius 2 is 1.84 bits per heavy atom. The molecule has 0 atom stereocenters. The van der Waals surface area contributed by atoms with Crippen LogP contribution in [0.2, 0.25) is 0 Å². The van der Waals surface area contributed by atoms with E-state index >= 15 is 0 Å². The van der Waals surface area contributed by atoms with Gasteiger partial charge in [0, 0.05) is 5.54 Å². The molecule has 0 aliphatic heterocycles. The predicted octanol–water partition coefficient (Wildman–Crippen LogP) is 4.70. The third-order valence-corrected chi connectivity index (χ3v) is 4.81. The van der Waals surface area contributed by atoms with Crippen LogP contribution >= 0.6 is 15.9 Å². The molecule has 1 aliphatic carbocycles. The molecule has 2 N–H and O–H groups in total. The maximum atomic E-state index is 6.65. The molecule has 1 aromatic rings. The van der Waals surface area contributed by atoms with E-state index in [1.807, 2.05) is 0 Å². The van der Waals surface area contributed by atoms with Gasteiger partial charge in [-0.25, -0.2) is 0 Å². The van der Waals surface area contributed by atoms with E-state index in [9.17, 15) is 0 Å². The molecular formula is C16H24BrNO. The second-order valence-electron chi connectivity index (χ2n) is 5.95. The second-order valence-corrected chi connectivity index (χ2v) is 6.81. The van der Waals surface area contributed by atoms with E-state index in [-0.39, 0.29) is 5.54 Å². The van der Waals surface area contributed by atoms with Crippen molar-refractivity contribution in [3.63, 3.8) is 0 Å². The number of halogens is 1. The molecule has 0 unspecified atom stereocenters. The minimum absolute atomic E-state index is 0.156. The van der Waals surface area contributed by atoms with Gasteiger partial charge >= 0.3 is 0 Å². The Labute approximate surface area is 124 Å². The van der Waals surface area contributed by atoms with Crippen molar-refractivity contribution in [2.24, 2.45) is 5.73 Å². The lowest BCUT2D eigenvalue weighted by Gasteiger charge is -2.35. The van der Waals surface area contributed by atoms with Crippen LogP contribution in [0, 0.1) is 0 Å². The Kier molecular flexibility index (Phi) is 4.57. The second kappa shape index (κ2) is 5.84. The fraction of sp³-hybridized carbons (Fsp3) is 0.625. The van der Waals surface area contributed by atoms with Crippen LogP contribution in [0.15, 0.2) is 16.6 Å². The van der Waals surface area contributed by atoms with Gasteiger partial charge < -0.3 is 10.5 Å². The van der Waals surface area contributed by atoms with E-state index in [4.69, 9.17) is 10.5 Å². The largest absolute Gasteiger partial charge is 0.495 e. The van der Waals surface area contributed by atoms with Crippen LogP contribution in [0.1, 0.15) is 63.0 Å². The van der Waals surface area contributed by atoms with Crippen molar-refractivity contribution in [2.75, 3.05) is 7.11 Å². The minimum atomic E-state index is -0.156. The highest BCUT2D eigenvalue weighted by molar-refractivity contribution is 9.10. The third-order valence-electron chi connectivity index (χ3n) is 4.22. The zero-order chi connectivity index (χ0) is 14.0. The van der Waals surface area contributed by atoms with Gasteiger partial charge in [-0.2, -0.15) is 0 Å². The average Bonchev–Trinajstić information content (AvgIpc) is 2.38.